The van der Waals surface area contributed by atoms with Crippen LogP contribution in [0.4, 0.5) is 10.1 Å². The zero-order chi connectivity index (χ0) is 18.7. The monoisotopic (exact) mass is 429 g/mol. The fraction of sp³-hybridized carbons (Fsp3) is 0.350. The van der Waals surface area contributed by atoms with E-state index in [1.165, 1.54) is 19.2 Å². The summed E-state index contributed by atoms with van der Waals surface area (Å²) in [6, 6.07) is 11.6. The number of hydrogen-bond acceptors (Lipinski definition) is 4. The fourth-order valence-corrected chi connectivity index (χ4v) is 3.19. The minimum atomic E-state index is -0.650. The largest absolute Gasteiger partial charge is 0.494 e. The van der Waals surface area contributed by atoms with Crippen LogP contribution in [0, 0.1) is 12.7 Å². The second kappa shape index (κ2) is 10.5. The summed E-state index contributed by atoms with van der Waals surface area (Å²) in [4.78, 5) is 16.6. The van der Waals surface area contributed by atoms with Crippen molar-refractivity contribution in [2.45, 2.75) is 13.0 Å². The summed E-state index contributed by atoms with van der Waals surface area (Å²) < 4.78 is 18.7. The molecule has 1 atom stereocenters. The Kier molecular flexibility index (Phi) is 9.01. The lowest BCUT2D eigenvalue weighted by Crippen LogP contribution is -2.51. The number of amides is 1. The molecule has 1 unspecified atom stereocenters. The van der Waals surface area contributed by atoms with Crippen molar-refractivity contribution in [2.75, 3.05) is 38.2 Å². The van der Waals surface area contributed by atoms with Gasteiger partial charge in [0.05, 0.1) is 12.8 Å². The Morgan fingerprint density at radius 1 is 1.07 bits per heavy atom. The molecule has 154 valence electrons. The number of methoxy groups -OCH3 is 1. The first kappa shape index (κ1) is 24.0. The number of nitrogens with zero attached hydrogens (tertiary/aromatic N) is 2. The zero-order valence-electron chi connectivity index (χ0n) is 15.9. The van der Waals surface area contributed by atoms with Crippen molar-refractivity contribution in [1.29, 1.82) is 0 Å². The van der Waals surface area contributed by atoms with Crippen LogP contribution in [0.3, 0.4) is 0 Å². The van der Waals surface area contributed by atoms with Crippen LogP contribution in [0.5, 0.6) is 5.75 Å². The molecule has 1 aliphatic rings. The van der Waals surface area contributed by atoms with Crippen molar-refractivity contribution in [3.63, 3.8) is 0 Å². The summed E-state index contributed by atoms with van der Waals surface area (Å²) >= 11 is 0. The van der Waals surface area contributed by atoms with Gasteiger partial charge in [0.1, 0.15) is 17.6 Å². The molecule has 5 nitrogen and oxygen atoms in total. The van der Waals surface area contributed by atoms with Crippen molar-refractivity contribution in [2.24, 2.45) is 5.73 Å². The molecule has 8 heteroatoms. The van der Waals surface area contributed by atoms with Crippen LogP contribution in [0.25, 0.3) is 0 Å². The molecule has 2 aromatic carbocycles. The maximum absolute atomic E-state index is 13.4. The Bertz CT molecular complexity index is 782. The van der Waals surface area contributed by atoms with E-state index in [1.54, 1.807) is 11.0 Å². The first-order valence-corrected chi connectivity index (χ1v) is 8.69. The Labute approximate surface area is 177 Å². The molecular formula is C20H26Cl2FN3O2. The van der Waals surface area contributed by atoms with Crippen molar-refractivity contribution in [3.8, 4) is 5.75 Å². The lowest BCUT2D eigenvalue weighted by atomic mass is 10.0. The van der Waals surface area contributed by atoms with E-state index in [1.807, 2.05) is 31.2 Å². The minimum absolute atomic E-state index is 0. The summed E-state index contributed by atoms with van der Waals surface area (Å²) in [5.41, 5.74) is 8.95. The second-order valence-corrected chi connectivity index (χ2v) is 6.52. The van der Waals surface area contributed by atoms with E-state index in [4.69, 9.17) is 10.5 Å². The van der Waals surface area contributed by atoms with Gasteiger partial charge in [0.2, 0.25) is 5.91 Å². The van der Waals surface area contributed by atoms with Gasteiger partial charge in [0, 0.05) is 32.2 Å². The summed E-state index contributed by atoms with van der Waals surface area (Å²) in [5.74, 6) is 0.101. The number of carbonyl (C=O) groups is 1. The normalized spacial score (nSPS) is 14.6. The maximum Gasteiger partial charge on any atom is 0.244 e. The van der Waals surface area contributed by atoms with Crippen LogP contribution in [0.15, 0.2) is 42.5 Å². The second-order valence-electron chi connectivity index (χ2n) is 6.52. The number of carbonyl (C=O) groups excluding carboxylic acids is 1. The molecule has 0 aliphatic carbocycles. The number of rotatable bonds is 4. The minimum Gasteiger partial charge on any atom is -0.494 e. The highest BCUT2D eigenvalue weighted by molar-refractivity contribution is 5.85. The molecule has 0 spiro atoms. The number of nitrogens with two attached hydrogens (primary N) is 1. The molecular weight excluding hydrogens is 404 g/mol. The quantitative estimate of drug-likeness (QED) is 0.809. The van der Waals surface area contributed by atoms with E-state index in [9.17, 15) is 9.18 Å². The number of hydrogen-bond donors (Lipinski definition) is 1. The SMILES string of the molecule is COc1cc(F)ccc1N1CCN(C(=O)C(N)c2ccc(C)cc2)CC1.Cl.Cl. The third-order valence-corrected chi connectivity index (χ3v) is 4.78. The summed E-state index contributed by atoms with van der Waals surface area (Å²) in [5, 5.41) is 0. The van der Waals surface area contributed by atoms with Crippen molar-refractivity contribution < 1.29 is 13.9 Å². The summed E-state index contributed by atoms with van der Waals surface area (Å²) in [7, 11) is 1.53. The van der Waals surface area contributed by atoms with Gasteiger partial charge in [-0.1, -0.05) is 29.8 Å². The molecule has 2 N–H and O–H groups in total. The predicted octanol–water partition coefficient (Wildman–Crippen LogP) is 3.33. The van der Waals surface area contributed by atoms with Crippen molar-refractivity contribution >= 4 is 36.4 Å². The highest BCUT2D eigenvalue weighted by Gasteiger charge is 2.27. The molecule has 1 saturated heterocycles. The van der Waals surface area contributed by atoms with E-state index in [2.05, 4.69) is 4.90 Å². The number of aryl methyl sites for hydroxylation is 1. The van der Waals surface area contributed by atoms with Crippen LogP contribution in [-0.4, -0.2) is 44.1 Å². The molecule has 3 rings (SSSR count). The van der Waals surface area contributed by atoms with Crippen LogP contribution in [0.2, 0.25) is 0 Å². The average Bonchev–Trinajstić information content (AvgIpc) is 2.67. The molecule has 0 radical (unpaired) electrons. The van der Waals surface area contributed by atoms with Crippen LogP contribution in [-0.2, 0) is 4.79 Å². The highest BCUT2D eigenvalue weighted by Crippen LogP contribution is 2.30. The van der Waals surface area contributed by atoms with Gasteiger partial charge in [-0.15, -0.1) is 24.8 Å². The number of anilines is 1. The van der Waals surface area contributed by atoms with Gasteiger partial charge in [-0.25, -0.2) is 4.39 Å². The van der Waals surface area contributed by atoms with E-state index in [0.717, 1.165) is 16.8 Å². The number of piperazine rings is 1. The summed E-state index contributed by atoms with van der Waals surface area (Å²) in [6.07, 6.45) is 0. The third kappa shape index (κ3) is 5.28. The van der Waals surface area contributed by atoms with Crippen LogP contribution < -0.4 is 15.4 Å². The average molecular weight is 430 g/mol. The van der Waals surface area contributed by atoms with Crippen molar-refractivity contribution in [1.82, 2.24) is 4.90 Å². The molecule has 2 aromatic rings. The highest BCUT2D eigenvalue weighted by atomic mass is 35.5. The molecule has 1 heterocycles. The number of halogens is 3. The number of benzene rings is 2. The van der Waals surface area contributed by atoms with Gasteiger partial charge < -0.3 is 20.3 Å². The molecule has 1 fully saturated rings. The Morgan fingerprint density at radius 3 is 2.25 bits per heavy atom. The molecule has 0 saturated carbocycles. The summed E-state index contributed by atoms with van der Waals surface area (Å²) in [6.45, 7) is 4.43. The van der Waals surface area contributed by atoms with Crippen LogP contribution in [0.1, 0.15) is 17.2 Å². The standard InChI is InChI=1S/C20H24FN3O2.2ClH/c1-14-3-5-15(6-4-14)19(22)20(25)24-11-9-23(10-12-24)17-8-7-16(21)13-18(17)26-2;;/h3-8,13,19H,9-12,22H2,1-2H3;2*1H. The van der Waals surface area contributed by atoms with Crippen molar-refractivity contribution in [3.05, 3.63) is 59.4 Å². The first-order chi connectivity index (χ1) is 12.5. The van der Waals surface area contributed by atoms with Gasteiger partial charge in [0.25, 0.3) is 0 Å². The van der Waals surface area contributed by atoms with Gasteiger partial charge in [-0.2, -0.15) is 0 Å². The lowest BCUT2D eigenvalue weighted by molar-refractivity contribution is -0.133. The predicted molar refractivity (Wildman–Crippen MR) is 114 cm³/mol. The maximum atomic E-state index is 13.4. The van der Waals surface area contributed by atoms with E-state index in [-0.39, 0.29) is 36.5 Å². The lowest BCUT2D eigenvalue weighted by Gasteiger charge is -2.37. The molecule has 1 amide bonds. The van der Waals surface area contributed by atoms with Gasteiger partial charge >= 0.3 is 0 Å². The first-order valence-electron chi connectivity index (χ1n) is 8.69. The molecule has 0 bridgehead atoms. The third-order valence-electron chi connectivity index (χ3n) is 4.78. The van der Waals surface area contributed by atoms with E-state index in [0.29, 0.717) is 31.9 Å². The van der Waals surface area contributed by atoms with Gasteiger partial charge in [-0.3, -0.25) is 4.79 Å². The Morgan fingerprint density at radius 2 is 1.68 bits per heavy atom. The van der Waals surface area contributed by atoms with Gasteiger partial charge in [0.15, 0.2) is 0 Å². The molecule has 28 heavy (non-hydrogen) atoms. The smallest absolute Gasteiger partial charge is 0.244 e. The topological polar surface area (TPSA) is 58.8 Å². The Hall–Kier alpha value is -2.02. The zero-order valence-corrected chi connectivity index (χ0v) is 17.6. The van der Waals surface area contributed by atoms with E-state index < -0.39 is 6.04 Å². The molecule has 1 aliphatic heterocycles. The Balaban J connectivity index is 0.00000196. The van der Waals surface area contributed by atoms with Gasteiger partial charge in [-0.05, 0) is 24.6 Å². The fourth-order valence-electron chi connectivity index (χ4n) is 3.19. The molecule has 0 aromatic heterocycles. The van der Waals surface area contributed by atoms with Crippen LogP contribution >= 0.6 is 24.8 Å². The van der Waals surface area contributed by atoms with E-state index >= 15 is 0 Å². The number of ether oxygens (including phenoxy) is 1.